The minimum absolute atomic E-state index is 0.594. The first-order valence-electron chi connectivity index (χ1n) is 5.48. The minimum atomic E-state index is 0.594. The molecular formula is C11H16Br2N2O. The molecule has 0 aliphatic carbocycles. The summed E-state index contributed by atoms with van der Waals surface area (Å²) in [6.45, 7) is 4.98. The molecule has 5 heteroatoms. The summed E-state index contributed by atoms with van der Waals surface area (Å²) in [6.07, 6.45) is 1.19. The number of hydrogen-bond donors (Lipinski definition) is 1. The molecule has 0 saturated carbocycles. The highest BCUT2D eigenvalue weighted by atomic mass is 79.9. The highest BCUT2D eigenvalue weighted by molar-refractivity contribution is 9.13. The van der Waals surface area contributed by atoms with Gasteiger partial charge in [0, 0.05) is 12.6 Å². The Morgan fingerprint density at radius 1 is 1.56 bits per heavy atom. The van der Waals surface area contributed by atoms with Crippen LogP contribution in [0.4, 0.5) is 0 Å². The molecule has 3 nitrogen and oxygen atoms in total. The monoisotopic (exact) mass is 350 g/mol. The summed E-state index contributed by atoms with van der Waals surface area (Å²) >= 11 is 6.78. The largest absolute Gasteiger partial charge is 0.452 e. The van der Waals surface area contributed by atoms with Gasteiger partial charge < -0.3 is 10.2 Å². The van der Waals surface area contributed by atoms with E-state index in [2.05, 4.69) is 43.7 Å². The maximum atomic E-state index is 5.71. The Labute approximate surface area is 113 Å². The molecule has 0 aromatic carbocycles. The first-order valence-corrected chi connectivity index (χ1v) is 7.06. The van der Waals surface area contributed by atoms with Crippen LogP contribution in [-0.2, 0) is 6.54 Å². The molecule has 0 bridgehead atoms. The van der Waals surface area contributed by atoms with Crippen LogP contribution in [0.5, 0.6) is 0 Å². The van der Waals surface area contributed by atoms with Crippen molar-refractivity contribution in [2.45, 2.75) is 25.9 Å². The minimum Gasteiger partial charge on any atom is -0.452 e. The zero-order valence-corrected chi connectivity index (χ0v) is 12.4. The van der Waals surface area contributed by atoms with E-state index in [4.69, 9.17) is 10.2 Å². The number of rotatable bonds is 3. The Bertz CT molecular complexity index is 347. The maximum Gasteiger partial charge on any atom is 0.183 e. The van der Waals surface area contributed by atoms with E-state index in [0.29, 0.717) is 12.0 Å². The second-order valence-corrected chi connectivity index (χ2v) is 6.02. The van der Waals surface area contributed by atoms with Crippen LogP contribution in [-0.4, -0.2) is 24.0 Å². The van der Waals surface area contributed by atoms with E-state index in [-0.39, 0.29) is 0 Å². The molecule has 2 heterocycles. The Balaban J connectivity index is 1.99. The summed E-state index contributed by atoms with van der Waals surface area (Å²) in [4.78, 5) is 2.43. The van der Waals surface area contributed by atoms with Crippen LogP contribution in [0.1, 0.15) is 19.1 Å². The third-order valence-electron chi connectivity index (χ3n) is 3.18. The van der Waals surface area contributed by atoms with Crippen LogP contribution in [0, 0.1) is 5.92 Å². The van der Waals surface area contributed by atoms with E-state index >= 15 is 0 Å². The number of likely N-dealkylation sites (tertiary alicyclic amines) is 1. The van der Waals surface area contributed by atoms with Crippen molar-refractivity contribution in [2.24, 2.45) is 11.7 Å². The van der Waals surface area contributed by atoms with E-state index < -0.39 is 0 Å². The molecule has 1 aromatic rings. The average Bonchev–Trinajstić information content (AvgIpc) is 2.73. The molecule has 90 valence electrons. The molecule has 0 amide bonds. The van der Waals surface area contributed by atoms with Gasteiger partial charge in [-0.05, 0) is 63.7 Å². The lowest BCUT2D eigenvalue weighted by molar-refractivity contribution is 0.233. The zero-order valence-electron chi connectivity index (χ0n) is 9.25. The van der Waals surface area contributed by atoms with Crippen molar-refractivity contribution >= 4 is 31.9 Å². The molecule has 2 unspecified atom stereocenters. The van der Waals surface area contributed by atoms with Crippen molar-refractivity contribution in [3.63, 3.8) is 0 Å². The number of nitrogens with two attached hydrogens (primary N) is 1. The van der Waals surface area contributed by atoms with Gasteiger partial charge in [0.1, 0.15) is 5.76 Å². The van der Waals surface area contributed by atoms with Crippen LogP contribution >= 0.6 is 31.9 Å². The summed E-state index contributed by atoms with van der Waals surface area (Å²) in [6, 6.07) is 2.61. The fraction of sp³-hybridized carbons (Fsp3) is 0.636. The van der Waals surface area contributed by atoms with Crippen molar-refractivity contribution < 1.29 is 4.42 Å². The van der Waals surface area contributed by atoms with E-state index in [1.807, 2.05) is 6.07 Å². The highest BCUT2D eigenvalue weighted by Crippen LogP contribution is 2.30. The Hall–Kier alpha value is 0.160. The molecular weight excluding hydrogens is 336 g/mol. The van der Waals surface area contributed by atoms with Gasteiger partial charge in [-0.2, -0.15) is 0 Å². The van der Waals surface area contributed by atoms with E-state index in [1.165, 1.54) is 6.42 Å². The van der Waals surface area contributed by atoms with Crippen molar-refractivity contribution in [2.75, 3.05) is 13.1 Å². The third-order valence-corrected chi connectivity index (χ3v) is 4.89. The zero-order chi connectivity index (χ0) is 11.7. The molecule has 2 rings (SSSR count). The summed E-state index contributed by atoms with van der Waals surface area (Å²) in [5, 5.41) is 0. The predicted octanol–water partition coefficient (Wildman–Crippen LogP) is 2.97. The summed E-state index contributed by atoms with van der Waals surface area (Å²) < 4.78 is 7.34. The normalized spacial score (nSPS) is 26.5. The van der Waals surface area contributed by atoms with Crippen LogP contribution in [0.2, 0.25) is 0 Å². The quantitative estimate of drug-likeness (QED) is 0.910. The molecule has 0 radical (unpaired) electrons. The van der Waals surface area contributed by atoms with Gasteiger partial charge in [-0.15, -0.1) is 0 Å². The van der Waals surface area contributed by atoms with Crippen molar-refractivity contribution in [1.82, 2.24) is 4.90 Å². The van der Waals surface area contributed by atoms with Crippen molar-refractivity contribution in [1.29, 1.82) is 0 Å². The van der Waals surface area contributed by atoms with E-state index in [9.17, 15) is 0 Å². The first-order chi connectivity index (χ1) is 7.60. The van der Waals surface area contributed by atoms with Gasteiger partial charge in [0.2, 0.25) is 0 Å². The lowest BCUT2D eigenvalue weighted by Gasteiger charge is -2.19. The number of hydrogen-bond acceptors (Lipinski definition) is 3. The number of furan rings is 1. The van der Waals surface area contributed by atoms with E-state index in [0.717, 1.165) is 34.5 Å². The van der Waals surface area contributed by atoms with Crippen LogP contribution in [0.3, 0.4) is 0 Å². The van der Waals surface area contributed by atoms with Crippen LogP contribution in [0.25, 0.3) is 0 Å². The lowest BCUT2D eigenvalue weighted by Crippen LogP contribution is -2.27. The predicted molar refractivity (Wildman–Crippen MR) is 71.1 cm³/mol. The molecule has 0 spiro atoms. The Kier molecular flexibility index (Phi) is 4.11. The van der Waals surface area contributed by atoms with Gasteiger partial charge in [0.05, 0.1) is 11.0 Å². The van der Waals surface area contributed by atoms with Crippen molar-refractivity contribution in [3.8, 4) is 0 Å². The van der Waals surface area contributed by atoms with Crippen LogP contribution in [0.15, 0.2) is 19.6 Å². The second kappa shape index (κ2) is 5.21. The topological polar surface area (TPSA) is 42.4 Å². The van der Waals surface area contributed by atoms with Crippen LogP contribution < -0.4 is 5.73 Å². The third kappa shape index (κ3) is 2.70. The van der Waals surface area contributed by atoms with E-state index in [1.54, 1.807) is 0 Å². The number of halogens is 2. The number of nitrogens with zero attached hydrogens (tertiary/aromatic N) is 1. The SMILES string of the molecule is CC1CC(CN)CN1Cc1cc(Br)c(Br)o1. The first kappa shape index (κ1) is 12.6. The average molecular weight is 352 g/mol. The summed E-state index contributed by atoms with van der Waals surface area (Å²) in [7, 11) is 0. The molecule has 1 fully saturated rings. The van der Waals surface area contributed by atoms with Gasteiger partial charge in [-0.25, -0.2) is 0 Å². The van der Waals surface area contributed by atoms with Crippen molar-refractivity contribution in [3.05, 3.63) is 21.0 Å². The fourth-order valence-corrected chi connectivity index (χ4v) is 2.94. The molecule has 1 aliphatic rings. The highest BCUT2D eigenvalue weighted by Gasteiger charge is 2.28. The molecule has 16 heavy (non-hydrogen) atoms. The Morgan fingerprint density at radius 3 is 2.81 bits per heavy atom. The molecule has 2 N–H and O–H groups in total. The fourth-order valence-electron chi connectivity index (χ4n) is 2.28. The molecule has 1 aromatic heterocycles. The standard InChI is InChI=1S/C11H16Br2N2O/c1-7-2-8(4-14)5-15(7)6-9-3-10(12)11(13)16-9/h3,7-8H,2,4-6,14H2,1H3. The summed E-state index contributed by atoms with van der Waals surface area (Å²) in [5.41, 5.74) is 5.71. The Morgan fingerprint density at radius 2 is 2.31 bits per heavy atom. The molecule has 2 atom stereocenters. The molecule has 1 saturated heterocycles. The lowest BCUT2D eigenvalue weighted by atomic mass is 10.1. The van der Waals surface area contributed by atoms with Gasteiger partial charge in [-0.1, -0.05) is 0 Å². The smallest absolute Gasteiger partial charge is 0.183 e. The maximum absolute atomic E-state index is 5.71. The summed E-state index contributed by atoms with van der Waals surface area (Å²) in [5.74, 6) is 1.63. The van der Waals surface area contributed by atoms with Gasteiger partial charge in [-0.3, -0.25) is 4.90 Å². The second-order valence-electron chi connectivity index (χ2n) is 4.45. The van der Waals surface area contributed by atoms with Gasteiger partial charge >= 0.3 is 0 Å². The van der Waals surface area contributed by atoms with Gasteiger partial charge in [0.15, 0.2) is 4.67 Å². The van der Waals surface area contributed by atoms with Gasteiger partial charge in [0.25, 0.3) is 0 Å². The molecule has 1 aliphatic heterocycles.